The number of carbonyl (C=O) groups is 1. The molecular weight excluding hydrogens is 282 g/mol. The van der Waals surface area contributed by atoms with Crippen molar-refractivity contribution in [1.29, 1.82) is 0 Å². The van der Waals surface area contributed by atoms with Crippen molar-refractivity contribution >= 4 is 17.3 Å². The molecule has 0 aliphatic carbocycles. The minimum atomic E-state index is -0.401. The zero-order valence-electron chi connectivity index (χ0n) is 10.8. The van der Waals surface area contributed by atoms with Crippen LogP contribution in [-0.2, 0) is 4.74 Å². The van der Waals surface area contributed by atoms with Crippen molar-refractivity contribution in [3.8, 4) is 27.8 Å². The van der Waals surface area contributed by atoms with Gasteiger partial charge in [-0.2, -0.15) is 0 Å². The molecule has 0 saturated heterocycles. The average molecular weight is 293 g/mol. The van der Waals surface area contributed by atoms with Gasteiger partial charge in [0.05, 0.1) is 20.4 Å². The average Bonchev–Trinajstić information content (AvgIpc) is 3.13. The van der Waals surface area contributed by atoms with E-state index in [0.717, 1.165) is 5.56 Å². The minimum Gasteiger partial charge on any atom is -0.493 e. The maximum atomic E-state index is 11.4. The number of benzene rings is 1. The number of rotatable bonds is 3. The highest BCUT2D eigenvalue weighted by atomic mass is 32.1. The van der Waals surface area contributed by atoms with Gasteiger partial charge in [-0.25, -0.2) is 9.78 Å². The van der Waals surface area contributed by atoms with Gasteiger partial charge in [-0.05, 0) is 12.1 Å². The Morgan fingerprint density at radius 3 is 2.95 bits per heavy atom. The van der Waals surface area contributed by atoms with Crippen molar-refractivity contribution in [1.82, 2.24) is 4.98 Å². The number of aromatic nitrogens is 1. The monoisotopic (exact) mass is 293 g/mol. The number of nitrogens with zero attached hydrogens (tertiary/aromatic N) is 1. The van der Waals surface area contributed by atoms with Crippen molar-refractivity contribution in [3.63, 3.8) is 0 Å². The third kappa shape index (κ3) is 2.05. The zero-order chi connectivity index (χ0) is 14.1. The highest BCUT2D eigenvalue weighted by Crippen LogP contribution is 2.44. The quantitative estimate of drug-likeness (QED) is 0.809. The van der Waals surface area contributed by atoms with E-state index in [0.29, 0.717) is 27.1 Å². The lowest BCUT2D eigenvalue weighted by Gasteiger charge is -2.06. The van der Waals surface area contributed by atoms with E-state index >= 15 is 0 Å². The molecule has 20 heavy (non-hydrogen) atoms. The molecule has 0 bridgehead atoms. The van der Waals surface area contributed by atoms with Crippen molar-refractivity contribution in [2.24, 2.45) is 0 Å². The summed E-state index contributed by atoms with van der Waals surface area (Å²) in [6, 6.07) is 3.61. The molecule has 2 heterocycles. The molecule has 0 fully saturated rings. The molecule has 1 aromatic carbocycles. The first-order valence-electron chi connectivity index (χ1n) is 5.75. The third-order valence-electron chi connectivity index (χ3n) is 2.80. The fourth-order valence-electron chi connectivity index (χ4n) is 1.86. The second kappa shape index (κ2) is 5.01. The maximum Gasteiger partial charge on any atom is 0.349 e. The molecule has 1 aliphatic heterocycles. The smallest absolute Gasteiger partial charge is 0.349 e. The number of fused-ring (bicyclic) bond motifs is 1. The summed E-state index contributed by atoms with van der Waals surface area (Å²) in [5.74, 6) is 1.36. The van der Waals surface area contributed by atoms with E-state index in [-0.39, 0.29) is 6.79 Å². The van der Waals surface area contributed by atoms with Gasteiger partial charge < -0.3 is 18.9 Å². The summed E-state index contributed by atoms with van der Waals surface area (Å²) in [4.78, 5) is 16.1. The summed E-state index contributed by atoms with van der Waals surface area (Å²) in [5, 5.41) is 0.682. The second-order valence-electron chi connectivity index (χ2n) is 3.93. The molecule has 0 saturated carbocycles. The van der Waals surface area contributed by atoms with Crippen molar-refractivity contribution in [3.05, 3.63) is 23.2 Å². The Morgan fingerprint density at radius 1 is 1.35 bits per heavy atom. The Labute approximate surface area is 118 Å². The number of ether oxygens (including phenoxy) is 4. The van der Waals surface area contributed by atoms with Crippen molar-refractivity contribution in [2.75, 3.05) is 21.0 Å². The number of esters is 1. The SMILES string of the molecule is COC(=O)c1cnc(-c2cc(OC)c3c(c2)OCO3)s1. The highest BCUT2D eigenvalue weighted by molar-refractivity contribution is 7.16. The van der Waals surface area contributed by atoms with Crippen LogP contribution in [-0.4, -0.2) is 32.0 Å². The Morgan fingerprint density at radius 2 is 2.20 bits per heavy atom. The first-order valence-corrected chi connectivity index (χ1v) is 6.56. The second-order valence-corrected chi connectivity index (χ2v) is 4.96. The number of methoxy groups -OCH3 is 2. The molecule has 7 heteroatoms. The zero-order valence-corrected chi connectivity index (χ0v) is 11.7. The van der Waals surface area contributed by atoms with Crippen LogP contribution in [0.1, 0.15) is 9.67 Å². The summed E-state index contributed by atoms with van der Waals surface area (Å²) < 4.78 is 20.6. The predicted molar refractivity (Wildman–Crippen MR) is 71.6 cm³/mol. The first-order chi connectivity index (χ1) is 9.72. The number of hydrogen-bond donors (Lipinski definition) is 0. The Kier molecular flexibility index (Phi) is 3.19. The van der Waals surface area contributed by atoms with E-state index in [1.165, 1.54) is 24.6 Å². The maximum absolute atomic E-state index is 11.4. The fourth-order valence-corrected chi connectivity index (χ4v) is 2.68. The van der Waals surface area contributed by atoms with E-state index in [1.807, 2.05) is 6.07 Å². The fraction of sp³-hybridized carbons (Fsp3) is 0.231. The highest BCUT2D eigenvalue weighted by Gasteiger charge is 2.22. The van der Waals surface area contributed by atoms with E-state index in [9.17, 15) is 4.79 Å². The molecule has 1 aromatic heterocycles. The standard InChI is InChI=1S/C13H11NO5S/c1-16-8-3-7(4-9-11(8)19-6-18-9)12-14-5-10(20-12)13(15)17-2/h3-5H,6H2,1-2H3. The van der Waals surface area contributed by atoms with Crippen LogP contribution in [0.5, 0.6) is 17.2 Å². The molecule has 104 valence electrons. The summed E-state index contributed by atoms with van der Waals surface area (Å²) in [6.07, 6.45) is 1.49. The largest absolute Gasteiger partial charge is 0.493 e. The van der Waals surface area contributed by atoms with Crippen LogP contribution in [0.15, 0.2) is 18.3 Å². The number of hydrogen-bond acceptors (Lipinski definition) is 7. The van der Waals surface area contributed by atoms with Gasteiger partial charge in [0.1, 0.15) is 9.88 Å². The van der Waals surface area contributed by atoms with Gasteiger partial charge in [0.15, 0.2) is 11.5 Å². The lowest BCUT2D eigenvalue weighted by atomic mass is 10.2. The molecule has 3 rings (SSSR count). The van der Waals surface area contributed by atoms with Crippen LogP contribution in [0, 0.1) is 0 Å². The number of carbonyl (C=O) groups excluding carboxylic acids is 1. The molecular formula is C13H11NO5S. The van der Waals surface area contributed by atoms with Crippen molar-refractivity contribution < 1.29 is 23.7 Å². The molecule has 6 nitrogen and oxygen atoms in total. The molecule has 0 N–H and O–H groups in total. The van der Waals surface area contributed by atoms with Crippen LogP contribution in [0.4, 0.5) is 0 Å². The Hall–Kier alpha value is -2.28. The van der Waals surface area contributed by atoms with Gasteiger partial charge >= 0.3 is 5.97 Å². The van der Waals surface area contributed by atoms with Crippen LogP contribution in [0.3, 0.4) is 0 Å². The Balaban J connectivity index is 2.02. The molecule has 0 unspecified atom stereocenters. The van der Waals surface area contributed by atoms with Crippen LogP contribution in [0.2, 0.25) is 0 Å². The van der Waals surface area contributed by atoms with E-state index in [1.54, 1.807) is 13.2 Å². The van der Waals surface area contributed by atoms with E-state index in [2.05, 4.69) is 9.72 Å². The molecule has 0 amide bonds. The normalized spacial score (nSPS) is 12.3. The van der Waals surface area contributed by atoms with Crippen LogP contribution >= 0.6 is 11.3 Å². The topological polar surface area (TPSA) is 66.9 Å². The molecule has 0 radical (unpaired) electrons. The minimum absolute atomic E-state index is 0.167. The molecule has 1 aliphatic rings. The summed E-state index contributed by atoms with van der Waals surface area (Å²) in [7, 11) is 2.90. The lowest BCUT2D eigenvalue weighted by Crippen LogP contribution is -1.96. The first kappa shape index (κ1) is 12.7. The summed E-state index contributed by atoms with van der Waals surface area (Å²) >= 11 is 1.25. The van der Waals surface area contributed by atoms with Gasteiger partial charge in [0, 0.05) is 5.56 Å². The van der Waals surface area contributed by atoms with Crippen molar-refractivity contribution in [2.45, 2.75) is 0 Å². The molecule has 2 aromatic rings. The summed E-state index contributed by atoms with van der Waals surface area (Å²) in [6.45, 7) is 0.167. The van der Waals surface area contributed by atoms with Gasteiger partial charge in [-0.15, -0.1) is 11.3 Å². The molecule has 0 spiro atoms. The Bertz CT molecular complexity index is 667. The van der Waals surface area contributed by atoms with Crippen LogP contribution in [0.25, 0.3) is 10.6 Å². The van der Waals surface area contributed by atoms with Gasteiger partial charge in [-0.1, -0.05) is 0 Å². The van der Waals surface area contributed by atoms with Gasteiger partial charge in [0.25, 0.3) is 0 Å². The number of thiazole rings is 1. The summed E-state index contributed by atoms with van der Waals surface area (Å²) in [5.41, 5.74) is 0.797. The van der Waals surface area contributed by atoms with Gasteiger partial charge in [0.2, 0.25) is 12.5 Å². The lowest BCUT2D eigenvalue weighted by molar-refractivity contribution is 0.0606. The van der Waals surface area contributed by atoms with Crippen LogP contribution < -0.4 is 14.2 Å². The predicted octanol–water partition coefficient (Wildman–Crippen LogP) is 2.33. The third-order valence-corrected chi connectivity index (χ3v) is 3.82. The van der Waals surface area contributed by atoms with E-state index < -0.39 is 5.97 Å². The van der Waals surface area contributed by atoms with E-state index in [4.69, 9.17) is 14.2 Å². The molecule has 0 atom stereocenters. The van der Waals surface area contributed by atoms with Gasteiger partial charge in [-0.3, -0.25) is 0 Å².